The maximum absolute atomic E-state index is 3.76. The average Bonchev–Trinajstić information content (AvgIpc) is 2.35. The second-order valence-corrected chi connectivity index (χ2v) is 5.87. The Balaban J connectivity index is 2.16. The van der Waals surface area contributed by atoms with E-state index >= 15 is 0 Å². The minimum atomic E-state index is 0.694. The molecule has 0 amide bonds. The van der Waals surface area contributed by atoms with Crippen LogP contribution in [0.2, 0.25) is 0 Å². The predicted octanol–water partition coefficient (Wildman–Crippen LogP) is 4.33. The van der Waals surface area contributed by atoms with E-state index in [9.17, 15) is 0 Å². The van der Waals surface area contributed by atoms with Gasteiger partial charge in [0.05, 0.1) is 0 Å². The monoisotopic (exact) mass is 245 g/mol. The summed E-state index contributed by atoms with van der Waals surface area (Å²) in [6.07, 6.45) is 6.71. The molecule has 0 heterocycles. The van der Waals surface area contributed by atoms with E-state index in [0.717, 1.165) is 12.5 Å². The molecule has 0 saturated heterocycles. The Bertz CT molecular complexity index is 363. The van der Waals surface area contributed by atoms with Crippen molar-refractivity contribution in [1.82, 2.24) is 5.32 Å². The van der Waals surface area contributed by atoms with E-state index in [1.165, 1.54) is 43.2 Å². The maximum Gasteiger partial charge on any atom is 0.0136 e. The summed E-state index contributed by atoms with van der Waals surface area (Å²) >= 11 is 0. The molecular weight excluding hydrogens is 218 g/mol. The van der Waals surface area contributed by atoms with Crippen molar-refractivity contribution >= 4 is 0 Å². The van der Waals surface area contributed by atoms with Crippen LogP contribution in [-0.2, 0) is 0 Å². The number of rotatable bonds is 4. The lowest BCUT2D eigenvalue weighted by atomic mass is 9.79. The van der Waals surface area contributed by atoms with Crippen molar-refractivity contribution < 1.29 is 0 Å². The van der Waals surface area contributed by atoms with Gasteiger partial charge in [0.15, 0.2) is 0 Å². The molecule has 0 radical (unpaired) electrons. The Kier molecular flexibility index (Phi) is 4.82. The molecule has 2 atom stereocenters. The van der Waals surface area contributed by atoms with E-state index in [2.05, 4.69) is 44.3 Å². The van der Waals surface area contributed by atoms with Crippen LogP contribution in [0.25, 0.3) is 0 Å². The zero-order chi connectivity index (χ0) is 13.0. The fourth-order valence-corrected chi connectivity index (χ4v) is 3.33. The molecule has 1 fully saturated rings. The lowest BCUT2D eigenvalue weighted by molar-refractivity contribution is 0.328. The van der Waals surface area contributed by atoms with Crippen molar-refractivity contribution in [3.05, 3.63) is 34.9 Å². The minimum Gasteiger partial charge on any atom is -0.313 e. The summed E-state index contributed by atoms with van der Waals surface area (Å²) in [5.74, 6) is 0.726. The van der Waals surface area contributed by atoms with Crippen molar-refractivity contribution in [3.63, 3.8) is 0 Å². The van der Waals surface area contributed by atoms with E-state index in [1.807, 2.05) is 0 Å². The smallest absolute Gasteiger partial charge is 0.0136 e. The van der Waals surface area contributed by atoms with Gasteiger partial charge in [0.25, 0.3) is 0 Å². The number of hydrogen-bond acceptors (Lipinski definition) is 1. The Morgan fingerprint density at radius 3 is 2.39 bits per heavy atom. The summed E-state index contributed by atoms with van der Waals surface area (Å²) in [4.78, 5) is 0. The van der Waals surface area contributed by atoms with Gasteiger partial charge in [-0.15, -0.1) is 0 Å². The third-order valence-electron chi connectivity index (χ3n) is 4.09. The molecule has 1 aliphatic carbocycles. The lowest BCUT2D eigenvalue weighted by Gasteiger charge is -2.33. The minimum absolute atomic E-state index is 0.694. The Hall–Kier alpha value is -0.820. The van der Waals surface area contributed by atoms with Crippen molar-refractivity contribution in [2.24, 2.45) is 0 Å². The number of nitrogens with one attached hydrogen (secondary N) is 1. The third kappa shape index (κ3) is 3.35. The molecule has 18 heavy (non-hydrogen) atoms. The van der Waals surface area contributed by atoms with Gasteiger partial charge in [0, 0.05) is 6.04 Å². The van der Waals surface area contributed by atoms with Crippen LogP contribution in [0.5, 0.6) is 0 Å². The van der Waals surface area contributed by atoms with E-state index in [0.29, 0.717) is 6.04 Å². The first-order valence-corrected chi connectivity index (χ1v) is 7.52. The lowest BCUT2D eigenvalue weighted by Crippen LogP contribution is -2.37. The predicted molar refractivity (Wildman–Crippen MR) is 79.2 cm³/mol. The highest BCUT2D eigenvalue weighted by Crippen LogP contribution is 2.34. The third-order valence-corrected chi connectivity index (χ3v) is 4.09. The van der Waals surface area contributed by atoms with E-state index < -0.39 is 0 Å². The Labute approximate surface area is 112 Å². The second-order valence-electron chi connectivity index (χ2n) is 5.87. The van der Waals surface area contributed by atoms with Gasteiger partial charge in [0.2, 0.25) is 0 Å². The van der Waals surface area contributed by atoms with Crippen LogP contribution in [0.3, 0.4) is 0 Å². The molecule has 0 aromatic heterocycles. The quantitative estimate of drug-likeness (QED) is 0.832. The highest BCUT2D eigenvalue weighted by atomic mass is 14.9. The highest BCUT2D eigenvalue weighted by molar-refractivity contribution is 5.32. The molecule has 100 valence electrons. The molecule has 1 N–H and O–H groups in total. The number of benzene rings is 1. The van der Waals surface area contributed by atoms with Crippen LogP contribution < -0.4 is 5.32 Å². The number of aryl methyl sites for hydroxylation is 2. The average molecular weight is 245 g/mol. The van der Waals surface area contributed by atoms with E-state index in [1.54, 1.807) is 5.56 Å². The van der Waals surface area contributed by atoms with Gasteiger partial charge in [-0.3, -0.25) is 0 Å². The van der Waals surface area contributed by atoms with Gasteiger partial charge in [-0.25, -0.2) is 0 Å². The molecule has 1 heteroatoms. The van der Waals surface area contributed by atoms with Gasteiger partial charge < -0.3 is 5.32 Å². The second kappa shape index (κ2) is 6.38. The Morgan fingerprint density at radius 2 is 1.72 bits per heavy atom. The summed E-state index contributed by atoms with van der Waals surface area (Å²) in [5, 5.41) is 3.76. The van der Waals surface area contributed by atoms with E-state index in [4.69, 9.17) is 0 Å². The van der Waals surface area contributed by atoms with Crippen molar-refractivity contribution in [2.45, 2.75) is 64.8 Å². The first-order valence-electron chi connectivity index (χ1n) is 7.52. The van der Waals surface area contributed by atoms with Gasteiger partial charge in [-0.1, -0.05) is 49.1 Å². The molecule has 0 bridgehead atoms. The summed E-state index contributed by atoms with van der Waals surface area (Å²) in [5.41, 5.74) is 4.37. The summed E-state index contributed by atoms with van der Waals surface area (Å²) in [7, 11) is 0. The molecule has 1 aromatic carbocycles. The molecule has 1 aliphatic rings. The van der Waals surface area contributed by atoms with Crippen LogP contribution in [0.15, 0.2) is 18.2 Å². The fourth-order valence-electron chi connectivity index (χ4n) is 3.33. The molecule has 0 spiro atoms. The van der Waals surface area contributed by atoms with Gasteiger partial charge >= 0.3 is 0 Å². The summed E-state index contributed by atoms with van der Waals surface area (Å²) < 4.78 is 0. The largest absolute Gasteiger partial charge is 0.313 e. The number of hydrogen-bond donors (Lipinski definition) is 1. The topological polar surface area (TPSA) is 12.0 Å². The Morgan fingerprint density at radius 1 is 1.06 bits per heavy atom. The highest BCUT2D eigenvalue weighted by Gasteiger charge is 2.25. The summed E-state index contributed by atoms with van der Waals surface area (Å²) in [6.45, 7) is 7.84. The van der Waals surface area contributed by atoms with Crippen molar-refractivity contribution in [1.29, 1.82) is 0 Å². The fraction of sp³-hybridized carbons (Fsp3) is 0.647. The zero-order valence-electron chi connectivity index (χ0n) is 12.1. The molecule has 1 saturated carbocycles. The van der Waals surface area contributed by atoms with Crippen LogP contribution in [0, 0.1) is 13.8 Å². The van der Waals surface area contributed by atoms with Gasteiger partial charge in [0.1, 0.15) is 0 Å². The normalized spacial score (nSPS) is 24.2. The van der Waals surface area contributed by atoms with Crippen molar-refractivity contribution in [2.75, 3.05) is 6.54 Å². The molecule has 1 nitrogen and oxygen atoms in total. The zero-order valence-corrected chi connectivity index (χ0v) is 12.1. The van der Waals surface area contributed by atoms with Crippen LogP contribution in [-0.4, -0.2) is 12.6 Å². The maximum atomic E-state index is 3.76. The van der Waals surface area contributed by atoms with Crippen LogP contribution in [0.4, 0.5) is 0 Å². The molecular formula is C17H27N. The summed E-state index contributed by atoms with van der Waals surface area (Å²) in [6, 6.07) is 7.76. The van der Waals surface area contributed by atoms with Crippen molar-refractivity contribution in [3.8, 4) is 0 Å². The molecule has 2 rings (SSSR count). The van der Waals surface area contributed by atoms with Gasteiger partial charge in [-0.2, -0.15) is 0 Å². The standard InChI is InChI=1S/C17H27N/c1-4-9-18-17-8-6-5-7-16(17)15-11-13(2)10-14(3)12-15/h10-12,16-18H,4-9H2,1-3H3. The van der Waals surface area contributed by atoms with Crippen LogP contribution >= 0.6 is 0 Å². The van der Waals surface area contributed by atoms with Gasteiger partial charge in [-0.05, 0) is 51.1 Å². The molecule has 0 aliphatic heterocycles. The van der Waals surface area contributed by atoms with E-state index in [-0.39, 0.29) is 0 Å². The first kappa shape index (κ1) is 13.6. The molecule has 1 aromatic rings. The molecule has 2 unspecified atom stereocenters. The SMILES string of the molecule is CCCNC1CCCCC1c1cc(C)cc(C)c1. The van der Waals surface area contributed by atoms with Crippen LogP contribution in [0.1, 0.15) is 61.6 Å². The first-order chi connectivity index (χ1) is 8.70.